The summed E-state index contributed by atoms with van der Waals surface area (Å²) in [7, 11) is 0. The highest BCUT2D eigenvalue weighted by Gasteiger charge is 2.37. The number of β-amino-alcohol motifs (C(OH)–C–C–N with tert-alkyl or cyclic N) is 1. The van der Waals surface area contributed by atoms with Crippen molar-refractivity contribution in [2.75, 3.05) is 18.0 Å². The minimum Gasteiger partial charge on any atom is -0.386 e. The molecule has 4 heteroatoms. The van der Waals surface area contributed by atoms with E-state index in [0.29, 0.717) is 23.7 Å². The number of nitrogens with zero attached hydrogens (tertiary/aromatic N) is 2. The molecule has 1 aliphatic heterocycles. The van der Waals surface area contributed by atoms with E-state index in [1.165, 1.54) is 0 Å². The van der Waals surface area contributed by atoms with E-state index in [2.05, 4.69) is 6.07 Å². The van der Waals surface area contributed by atoms with Crippen LogP contribution in [-0.4, -0.2) is 23.8 Å². The van der Waals surface area contributed by atoms with Crippen LogP contribution in [0.3, 0.4) is 0 Å². The molecule has 0 radical (unpaired) electrons. The van der Waals surface area contributed by atoms with E-state index in [4.69, 9.17) is 16.9 Å². The van der Waals surface area contributed by atoms with Gasteiger partial charge in [0.15, 0.2) is 0 Å². The Kier molecular flexibility index (Phi) is 2.34. The van der Waals surface area contributed by atoms with Gasteiger partial charge in [-0.2, -0.15) is 5.26 Å². The standard InChI is InChI=1S/C11H11ClN2O/c1-11(15)6-14(7-11)10-4-2-3-9(12)8(10)5-13/h2-4,15H,6-7H2,1H3. The monoisotopic (exact) mass is 222 g/mol. The Morgan fingerprint density at radius 3 is 2.73 bits per heavy atom. The first-order chi connectivity index (χ1) is 7.03. The fourth-order valence-electron chi connectivity index (χ4n) is 1.83. The van der Waals surface area contributed by atoms with E-state index in [9.17, 15) is 5.11 Å². The molecule has 0 aromatic heterocycles. The lowest BCUT2D eigenvalue weighted by Gasteiger charge is -2.46. The molecule has 0 aliphatic carbocycles. The van der Waals surface area contributed by atoms with Crippen molar-refractivity contribution in [1.29, 1.82) is 5.26 Å². The maximum absolute atomic E-state index is 9.62. The number of aliphatic hydroxyl groups is 1. The summed E-state index contributed by atoms with van der Waals surface area (Å²) in [6.07, 6.45) is 0. The highest BCUT2D eigenvalue weighted by atomic mass is 35.5. The van der Waals surface area contributed by atoms with E-state index in [1.54, 1.807) is 13.0 Å². The number of hydrogen-bond acceptors (Lipinski definition) is 3. The van der Waals surface area contributed by atoms with Gasteiger partial charge in [-0.25, -0.2) is 0 Å². The highest BCUT2D eigenvalue weighted by Crippen LogP contribution is 2.32. The Hall–Kier alpha value is -1.24. The molecule has 1 aromatic carbocycles. The molecule has 3 nitrogen and oxygen atoms in total. The third kappa shape index (κ3) is 1.79. The van der Waals surface area contributed by atoms with Gasteiger partial charge >= 0.3 is 0 Å². The number of hydrogen-bond donors (Lipinski definition) is 1. The second-order valence-corrected chi connectivity index (χ2v) is 4.51. The van der Waals surface area contributed by atoms with E-state index in [-0.39, 0.29) is 0 Å². The van der Waals surface area contributed by atoms with Gasteiger partial charge in [-0.05, 0) is 19.1 Å². The molecule has 78 valence electrons. The van der Waals surface area contributed by atoms with Crippen LogP contribution in [0.15, 0.2) is 18.2 Å². The van der Waals surface area contributed by atoms with Crippen LogP contribution in [0, 0.1) is 11.3 Å². The lowest BCUT2D eigenvalue weighted by molar-refractivity contribution is 0.0310. The van der Waals surface area contributed by atoms with Crippen LogP contribution in [-0.2, 0) is 0 Å². The molecule has 0 spiro atoms. The van der Waals surface area contributed by atoms with Gasteiger partial charge < -0.3 is 10.0 Å². The smallest absolute Gasteiger partial charge is 0.103 e. The maximum Gasteiger partial charge on any atom is 0.103 e. The van der Waals surface area contributed by atoms with Crippen LogP contribution in [0.1, 0.15) is 12.5 Å². The van der Waals surface area contributed by atoms with Gasteiger partial charge in [0.2, 0.25) is 0 Å². The normalized spacial score (nSPS) is 18.1. The van der Waals surface area contributed by atoms with Gasteiger partial charge in [0.1, 0.15) is 6.07 Å². The highest BCUT2D eigenvalue weighted by molar-refractivity contribution is 6.32. The first-order valence-corrected chi connectivity index (χ1v) is 5.07. The molecule has 0 bridgehead atoms. The number of nitriles is 1. The number of halogens is 1. The second kappa shape index (κ2) is 3.41. The Balaban J connectivity index is 2.31. The molecule has 0 amide bonds. The first kappa shape index (κ1) is 10.3. The molecule has 0 unspecified atom stereocenters. The zero-order valence-electron chi connectivity index (χ0n) is 8.37. The predicted molar refractivity (Wildman–Crippen MR) is 59.0 cm³/mol. The van der Waals surface area contributed by atoms with E-state index < -0.39 is 5.60 Å². The number of rotatable bonds is 1. The van der Waals surface area contributed by atoms with Crippen molar-refractivity contribution in [2.24, 2.45) is 0 Å². The fourth-order valence-corrected chi connectivity index (χ4v) is 2.05. The SMILES string of the molecule is CC1(O)CN(c2cccc(Cl)c2C#N)C1. The summed E-state index contributed by atoms with van der Waals surface area (Å²) in [4.78, 5) is 1.95. The van der Waals surface area contributed by atoms with Crippen molar-refractivity contribution in [2.45, 2.75) is 12.5 Å². The molecule has 1 N–H and O–H groups in total. The molecule has 0 saturated carbocycles. The van der Waals surface area contributed by atoms with Crippen molar-refractivity contribution in [3.05, 3.63) is 28.8 Å². The largest absolute Gasteiger partial charge is 0.386 e. The van der Waals surface area contributed by atoms with Crippen LogP contribution in [0.2, 0.25) is 5.02 Å². The third-order valence-electron chi connectivity index (χ3n) is 2.51. The van der Waals surface area contributed by atoms with Gasteiger partial charge in [-0.3, -0.25) is 0 Å². The summed E-state index contributed by atoms with van der Waals surface area (Å²) in [6, 6.07) is 7.44. The van der Waals surface area contributed by atoms with E-state index in [0.717, 1.165) is 5.69 Å². The van der Waals surface area contributed by atoms with Crippen LogP contribution in [0.4, 0.5) is 5.69 Å². The molecule has 1 aromatic rings. The summed E-state index contributed by atoms with van der Waals surface area (Å²) in [5.74, 6) is 0. The Labute approximate surface area is 93.5 Å². The minimum absolute atomic E-state index is 0.460. The molecule has 15 heavy (non-hydrogen) atoms. The second-order valence-electron chi connectivity index (χ2n) is 4.10. The number of benzene rings is 1. The van der Waals surface area contributed by atoms with E-state index >= 15 is 0 Å². The van der Waals surface area contributed by atoms with Crippen molar-refractivity contribution < 1.29 is 5.11 Å². The molecule has 1 aliphatic rings. The zero-order valence-corrected chi connectivity index (χ0v) is 9.12. The van der Waals surface area contributed by atoms with Crippen LogP contribution >= 0.6 is 11.6 Å². The molecular weight excluding hydrogens is 212 g/mol. The summed E-state index contributed by atoms with van der Waals surface area (Å²) in [6.45, 7) is 2.87. The van der Waals surface area contributed by atoms with Crippen molar-refractivity contribution >= 4 is 17.3 Å². The zero-order chi connectivity index (χ0) is 11.1. The van der Waals surface area contributed by atoms with Gasteiger partial charge in [0.25, 0.3) is 0 Å². The van der Waals surface area contributed by atoms with Crippen molar-refractivity contribution in [1.82, 2.24) is 0 Å². The van der Waals surface area contributed by atoms with Gasteiger partial charge in [0.05, 0.1) is 21.9 Å². The van der Waals surface area contributed by atoms with Gasteiger partial charge in [-0.1, -0.05) is 17.7 Å². The molecule has 1 heterocycles. The predicted octanol–water partition coefficient (Wildman–Crippen LogP) is 1.78. The van der Waals surface area contributed by atoms with Crippen molar-refractivity contribution in [3.63, 3.8) is 0 Å². The average Bonchev–Trinajstić information content (AvgIpc) is 2.13. The Bertz CT molecular complexity index is 429. The first-order valence-electron chi connectivity index (χ1n) is 4.69. The lowest BCUT2D eigenvalue weighted by atomic mass is 9.95. The average molecular weight is 223 g/mol. The molecule has 2 rings (SSSR count). The quantitative estimate of drug-likeness (QED) is 0.788. The minimum atomic E-state index is -0.644. The Morgan fingerprint density at radius 2 is 2.20 bits per heavy atom. The van der Waals surface area contributed by atoms with Crippen LogP contribution in [0.5, 0.6) is 0 Å². The van der Waals surface area contributed by atoms with Gasteiger partial charge in [0, 0.05) is 13.1 Å². The summed E-state index contributed by atoms with van der Waals surface area (Å²) in [5, 5.41) is 19.1. The molecular formula is C11H11ClN2O. The van der Waals surface area contributed by atoms with E-state index in [1.807, 2.05) is 17.0 Å². The van der Waals surface area contributed by atoms with Crippen LogP contribution < -0.4 is 4.90 Å². The third-order valence-corrected chi connectivity index (χ3v) is 2.82. The summed E-state index contributed by atoms with van der Waals surface area (Å²) in [5.41, 5.74) is 0.640. The molecule has 0 atom stereocenters. The summed E-state index contributed by atoms with van der Waals surface area (Å²) < 4.78 is 0. The molecule has 1 saturated heterocycles. The Morgan fingerprint density at radius 1 is 1.53 bits per heavy atom. The maximum atomic E-state index is 9.62. The van der Waals surface area contributed by atoms with Gasteiger partial charge in [-0.15, -0.1) is 0 Å². The topological polar surface area (TPSA) is 47.3 Å². The lowest BCUT2D eigenvalue weighted by Crippen LogP contribution is -2.60. The van der Waals surface area contributed by atoms with Crippen LogP contribution in [0.25, 0.3) is 0 Å². The fraction of sp³-hybridized carbons (Fsp3) is 0.364. The number of anilines is 1. The van der Waals surface area contributed by atoms with Crippen molar-refractivity contribution in [3.8, 4) is 6.07 Å². The molecule has 1 fully saturated rings. The summed E-state index contributed by atoms with van der Waals surface area (Å²) >= 11 is 5.91.